The zero-order valence-corrected chi connectivity index (χ0v) is 15.7. The number of rotatable bonds is 7. The van der Waals surface area contributed by atoms with Crippen molar-refractivity contribution in [1.29, 1.82) is 0 Å². The van der Waals surface area contributed by atoms with Crippen LogP contribution in [-0.2, 0) is 26.0 Å². The van der Waals surface area contributed by atoms with E-state index in [0.717, 1.165) is 16.3 Å². The Balaban J connectivity index is 2.07. The molecule has 1 aliphatic heterocycles. The van der Waals surface area contributed by atoms with Crippen LogP contribution in [0.5, 0.6) is 0 Å². The molecule has 0 bridgehead atoms. The molecule has 0 radical (unpaired) electrons. The van der Waals surface area contributed by atoms with Gasteiger partial charge in [0.05, 0.1) is 30.2 Å². The zero-order valence-electron chi connectivity index (χ0n) is 14.0. The van der Waals surface area contributed by atoms with Crippen molar-refractivity contribution in [2.75, 3.05) is 39.0 Å². The highest BCUT2D eigenvalue weighted by atomic mass is 32.2. The van der Waals surface area contributed by atoms with E-state index in [-0.39, 0.29) is 25.6 Å². The highest BCUT2D eigenvalue weighted by Gasteiger charge is 2.31. The van der Waals surface area contributed by atoms with E-state index in [2.05, 4.69) is 4.98 Å². The van der Waals surface area contributed by atoms with E-state index < -0.39 is 28.6 Å². The number of carbonyl (C=O) groups excluding carboxylic acids is 1. The van der Waals surface area contributed by atoms with Gasteiger partial charge in [0, 0.05) is 19.6 Å². The van der Waals surface area contributed by atoms with Crippen LogP contribution in [0.4, 0.5) is 0 Å². The average Bonchev–Trinajstić information content (AvgIpc) is 3.01. The number of carboxylic acids is 1. The van der Waals surface area contributed by atoms with Gasteiger partial charge in [0.1, 0.15) is 11.4 Å². The minimum atomic E-state index is -3.69. The summed E-state index contributed by atoms with van der Waals surface area (Å²) in [5.74, 6) is -1.40. The molecule has 0 aliphatic carbocycles. The summed E-state index contributed by atoms with van der Waals surface area (Å²) in [4.78, 5) is 29.9. The fraction of sp³-hybridized carbons (Fsp3) is 0.643. The molecule has 2 heterocycles. The number of hydrogen-bond donors (Lipinski definition) is 1. The number of thiazole rings is 1. The Labute approximate surface area is 150 Å². The Kier molecular flexibility index (Phi) is 6.49. The third-order valence-corrected chi connectivity index (χ3v) is 5.86. The summed E-state index contributed by atoms with van der Waals surface area (Å²) in [7, 11) is -3.69. The number of aryl methyl sites for hydroxylation is 1. The standard InChI is InChI=1S/C14H21N3O6S2/c1-3-11-13(24-9-15-11)14(20)16-4-5-23-10(6-16)7-17(8-12(18)19)25(2,21)22/h9-10H,3-8H2,1-2H3,(H,18,19). The van der Waals surface area contributed by atoms with Gasteiger partial charge in [0.15, 0.2) is 0 Å². The highest BCUT2D eigenvalue weighted by Crippen LogP contribution is 2.19. The second-order valence-electron chi connectivity index (χ2n) is 5.67. The zero-order chi connectivity index (χ0) is 18.6. The van der Waals surface area contributed by atoms with Crippen molar-refractivity contribution >= 4 is 33.2 Å². The maximum absolute atomic E-state index is 12.7. The van der Waals surface area contributed by atoms with Crippen LogP contribution in [0.15, 0.2) is 5.51 Å². The number of aromatic nitrogens is 1. The molecule has 140 valence electrons. The molecule has 1 N–H and O–H groups in total. The molecule has 1 amide bonds. The van der Waals surface area contributed by atoms with Crippen molar-refractivity contribution in [3.63, 3.8) is 0 Å². The predicted octanol–water partition coefficient (Wildman–Crippen LogP) is -0.107. The first-order chi connectivity index (χ1) is 11.7. The van der Waals surface area contributed by atoms with E-state index in [1.165, 1.54) is 11.3 Å². The fourth-order valence-electron chi connectivity index (χ4n) is 2.55. The summed E-state index contributed by atoms with van der Waals surface area (Å²) < 4.78 is 29.9. The van der Waals surface area contributed by atoms with Crippen molar-refractivity contribution in [2.24, 2.45) is 0 Å². The number of ether oxygens (including phenoxy) is 1. The predicted molar refractivity (Wildman–Crippen MR) is 91.2 cm³/mol. The molecule has 25 heavy (non-hydrogen) atoms. The maximum atomic E-state index is 12.7. The van der Waals surface area contributed by atoms with Crippen LogP contribution >= 0.6 is 11.3 Å². The maximum Gasteiger partial charge on any atom is 0.318 e. The summed E-state index contributed by atoms with van der Waals surface area (Å²) in [6.07, 6.45) is 1.02. The summed E-state index contributed by atoms with van der Waals surface area (Å²) >= 11 is 1.28. The average molecular weight is 391 g/mol. The van der Waals surface area contributed by atoms with Gasteiger partial charge in [-0.3, -0.25) is 9.59 Å². The SMILES string of the molecule is CCc1ncsc1C(=O)N1CCOC(CN(CC(=O)O)S(C)(=O)=O)C1. The number of carboxylic acid groups (broad SMARTS) is 1. The first-order valence-corrected chi connectivity index (χ1v) is 10.4. The first kappa shape index (κ1) is 19.8. The van der Waals surface area contributed by atoms with Crippen LogP contribution in [-0.4, -0.2) is 84.7 Å². The molecule has 0 saturated carbocycles. The second-order valence-corrected chi connectivity index (χ2v) is 8.51. The molecule has 1 fully saturated rings. The molecule has 1 aromatic rings. The van der Waals surface area contributed by atoms with Crippen molar-refractivity contribution < 1.29 is 27.9 Å². The summed E-state index contributed by atoms with van der Waals surface area (Å²) in [6.45, 7) is 2.03. The van der Waals surface area contributed by atoms with Crippen LogP contribution in [0.3, 0.4) is 0 Å². The van der Waals surface area contributed by atoms with Crippen molar-refractivity contribution in [2.45, 2.75) is 19.4 Å². The molecule has 11 heteroatoms. The van der Waals surface area contributed by atoms with Gasteiger partial charge in [-0.25, -0.2) is 13.4 Å². The van der Waals surface area contributed by atoms with E-state index in [4.69, 9.17) is 9.84 Å². The summed E-state index contributed by atoms with van der Waals surface area (Å²) in [5.41, 5.74) is 2.36. The molecule has 0 aromatic carbocycles. The van der Waals surface area contributed by atoms with E-state index >= 15 is 0 Å². The number of amides is 1. The second kappa shape index (κ2) is 8.21. The van der Waals surface area contributed by atoms with E-state index in [1.54, 1.807) is 10.4 Å². The van der Waals surface area contributed by atoms with E-state index in [9.17, 15) is 18.0 Å². The largest absolute Gasteiger partial charge is 0.480 e. The van der Waals surface area contributed by atoms with Gasteiger partial charge in [-0.1, -0.05) is 6.92 Å². The smallest absolute Gasteiger partial charge is 0.318 e. The molecule has 0 spiro atoms. The van der Waals surface area contributed by atoms with Gasteiger partial charge in [-0.2, -0.15) is 4.31 Å². The number of aliphatic carboxylic acids is 1. The van der Waals surface area contributed by atoms with Gasteiger partial charge in [-0.05, 0) is 6.42 Å². The minimum Gasteiger partial charge on any atom is -0.480 e. The Hall–Kier alpha value is -1.56. The Morgan fingerprint density at radius 1 is 1.52 bits per heavy atom. The van der Waals surface area contributed by atoms with Crippen molar-refractivity contribution in [3.05, 3.63) is 16.1 Å². The quantitative estimate of drug-likeness (QED) is 0.689. The highest BCUT2D eigenvalue weighted by molar-refractivity contribution is 7.88. The molecule has 1 aliphatic rings. The number of sulfonamides is 1. The van der Waals surface area contributed by atoms with Gasteiger partial charge in [-0.15, -0.1) is 11.3 Å². The molecule has 1 unspecified atom stereocenters. The number of hydrogen-bond acceptors (Lipinski definition) is 7. The van der Waals surface area contributed by atoms with E-state index in [1.807, 2.05) is 6.92 Å². The van der Waals surface area contributed by atoms with E-state index in [0.29, 0.717) is 17.8 Å². The summed E-state index contributed by atoms with van der Waals surface area (Å²) in [6, 6.07) is 0. The molecular formula is C14H21N3O6S2. The van der Waals surface area contributed by atoms with Gasteiger partial charge < -0.3 is 14.7 Å². The minimum absolute atomic E-state index is 0.113. The van der Waals surface area contributed by atoms with Crippen LogP contribution in [0, 0.1) is 0 Å². The topological polar surface area (TPSA) is 117 Å². The van der Waals surface area contributed by atoms with Crippen LogP contribution in [0.2, 0.25) is 0 Å². The lowest BCUT2D eigenvalue weighted by atomic mass is 10.2. The van der Waals surface area contributed by atoms with Crippen LogP contribution in [0.1, 0.15) is 22.3 Å². The number of morpholine rings is 1. The molecule has 1 atom stereocenters. The molecule has 1 aromatic heterocycles. The molecule has 9 nitrogen and oxygen atoms in total. The lowest BCUT2D eigenvalue weighted by molar-refractivity contribution is -0.137. The monoisotopic (exact) mass is 391 g/mol. The third kappa shape index (κ3) is 5.21. The van der Waals surface area contributed by atoms with Gasteiger partial charge in [0.2, 0.25) is 10.0 Å². The lowest BCUT2D eigenvalue weighted by Gasteiger charge is -2.34. The van der Waals surface area contributed by atoms with Gasteiger partial charge in [0.25, 0.3) is 5.91 Å². The Morgan fingerprint density at radius 3 is 2.84 bits per heavy atom. The number of carbonyl (C=O) groups is 2. The van der Waals surface area contributed by atoms with Crippen molar-refractivity contribution in [3.8, 4) is 0 Å². The number of nitrogens with zero attached hydrogens (tertiary/aromatic N) is 3. The summed E-state index contributed by atoms with van der Waals surface area (Å²) in [5, 5.41) is 8.88. The van der Waals surface area contributed by atoms with Crippen LogP contribution in [0.25, 0.3) is 0 Å². The Bertz CT molecular complexity index is 733. The first-order valence-electron chi connectivity index (χ1n) is 7.72. The lowest BCUT2D eigenvalue weighted by Crippen LogP contribution is -2.51. The normalized spacial score (nSPS) is 18.5. The fourth-order valence-corrected chi connectivity index (χ4v) is 4.18. The third-order valence-electron chi connectivity index (χ3n) is 3.78. The molecule has 2 rings (SSSR count). The Morgan fingerprint density at radius 2 is 2.24 bits per heavy atom. The van der Waals surface area contributed by atoms with Crippen LogP contribution < -0.4 is 0 Å². The van der Waals surface area contributed by atoms with Crippen molar-refractivity contribution in [1.82, 2.24) is 14.2 Å². The van der Waals surface area contributed by atoms with Gasteiger partial charge >= 0.3 is 5.97 Å². The molecule has 1 saturated heterocycles. The molecular weight excluding hydrogens is 370 g/mol.